The van der Waals surface area contributed by atoms with Gasteiger partial charge >= 0.3 is 5.97 Å². The summed E-state index contributed by atoms with van der Waals surface area (Å²) in [6.45, 7) is 0.239. The maximum absolute atomic E-state index is 13.1. The van der Waals surface area contributed by atoms with Crippen LogP contribution in [0, 0.1) is 0 Å². The van der Waals surface area contributed by atoms with Crippen LogP contribution in [0.1, 0.15) is 44.9 Å². The molecule has 0 unspecified atom stereocenters. The van der Waals surface area contributed by atoms with Crippen molar-refractivity contribution >= 4 is 32.5 Å². The summed E-state index contributed by atoms with van der Waals surface area (Å²) in [5.74, 6) is -1.09. The van der Waals surface area contributed by atoms with E-state index in [2.05, 4.69) is 0 Å². The number of carboxylic acids is 1. The third kappa shape index (κ3) is 5.19. The summed E-state index contributed by atoms with van der Waals surface area (Å²) < 4.78 is 27.3. The standard InChI is InChI=1S/C17H20N2O4S.C6H13N/c1-18(2)14-8-3-7-13-12(14)6-4-10-16(13)24(22,23)19-11-5-9-15(19)17(20)21;7-6-4-2-1-3-5-6/h3-4,6-8,10,15H,5,9,11H2,1-2H3,(H,20,21);6H,1-5,7H2/t15-;/m0./s1. The SMILES string of the molecule is CN(C)c1cccc2c(S(=O)(=O)N3CCC[C@H]3C(=O)O)cccc12.NC1CCCCC1. The highest BCUT2D eigenvalue weighted by molar-refractivity contribution is 7.89. The largest absolute Gasteiger partial charge is 0.480 e. The monoisotopic (exact) mass is 447 g/mol. The first-order valence-electron chi connectivity index (χ1n) is 10.9. The Bertz CT molecular complexity index is 1020. The number of carboxylic acid groups (broad SMARTS) is 1. The van der Waals surface area contributed by atoms with Gasteiger partial charge in [0.2, 0.25) is 10.0 Å². The Balaban J connectivity index is 0.000000330. The molecule has 2 fully saturated rings. The quantitative estimate of drug-likeness (QED) is 0.744. The number of aliphatic carboxylic acids is 1. The van der Waals surface area contributed by atoms with Gasteiger partial charge in [0.15, 0.2) is 0 Å². The van der Waals surface area contributed by atoms with Crippen molar-refractivity contribution < 1.29 is 18.3 Å². The van der Waals surface area contributed by atoms with E-state index in [1.54, 1.807) is 18.2 Å². The predicted molar refractivity (Wildman–Crippen MR) is 124 cm³/mol. The van der Waals surface area contributed by atoms with Crippen molar-refractivity contribution in [3.05, 3.63) is 36.4 Å². The number of sulfonamides is 1. The van der Waals surface area contributed by atoms with E-state index in [4.69, 9.17) is 5.73 Å². The van der Waals surface area contributed by atoms with Crippen LogP contribution in [0.5, 0.6) is 0 Å². The molecule has 1 heterocycles. The smallest absolute Gasteiger partial charge is 0.322 e. The lowest BCUT2D eigenvalue weighted by Crippen LogP contribution is -2.40. The van der Waals surface area contributed by atoms with E-state index >= 15 is 0 Å². The van der Waals surface area contributed by atoms with Gasteiger partial charge in [0.05, 0.1) is 4.90 Å². The van der Waals surface area contributed by atoms with E-state index in [-0.39, 0.29) is 11.4 Å². The second kappa shape index (κ2) is 9.97. The molecule has 0 spiro atoms. The van der Waals surface area contributed by atoms with E-state index < -0.39 is 22.0 Å². The fourth-order valence-electron chi connectivity index (χ4n) is 4.41. The molecule has 1 atom stereocenters. The number of nitrogens with two attached hydrogens (primary N) is 1. The van der Waals surface area contributed by atoms with Crippen LogP contribution in [0.4, 0.5) is 5.69 Å². The van der Waals surface area contributed by atoms with Gasteiger partial charge in [-0.3, -0.25) is 4.79 Å². The summed E-state index contributed by atoms with van der Waals surface area (Å²) in [5, 5.41) is 10.8. The highest BCUT2D eigenvalue weighted by Gasteiger charge is 2.40. The summed E-state index contributed by atoms with van der Waals surface area (Å²) in [5.41, 5.74) is 6.55. The maximum Gasteiger partial charge on any atom is 0.322 e. The number of rotatable bonds is 4. The van der Waals surface area contributed by atoms with Crippen LogP contribution >= 0.6 is 0 Å². The molecule has 2 aromatic carbocycles. The molecule has 170 valence electrons. The summed E-state index contributed by atoms with van der Waals surface area (Å²) in [7, 11) is -0.0686. The average Bonchev–Trinajstić information content (AvgIpc) is 3.25. The molecular formula is C23H33N3O4S. The second-order valence-electron chi connectivity index (χ2n) is 8.53. The second-order valence-corrected chi connectivity index (χ2v) is 10.4. The number of hydrogen-bond acceptors (Lipinski definition) is 5. The molecule has 0 radical (unpaired) electrons. The molecular weight excluding hydrogens is 414 g/mol. The fourth-order valence-corrected chi connectivity index (χ4v) is 6.27. The zero-order chi connectivity index (χ0) is 22.6. The third-order valence-electron chi connectivity index (χ3n) is 6.07. The number of anilines is 1. The summed E-state index contributed by atoms with van der Waals surface area (Å²) in [4.78, 5) is 13.5. The minimum Gasteiger partial charge on any atom is -0.480 e. The van der Waals surface area contributed by atoms with Gasteiger partial charge in [0, 0.05) is 43.1 Å². The van der Waals surface area contributed by atoms with Crippen molar-refractivity contribution in [2.24, 2.45) is 5.73 Å². The Morgan fingerprint density at radius 2 is 1.65 bits per heavy atom. The van der Waals surface area contributed by atoms with Crippen molar-refractivity contribution in [3.63, 3.8) is 0 Å². The Labute approximate surface area is 184 Å². The normalized spacial score (nSPS) is 20.3. The van der Waals surface area contributed by atoms with Gasteiger partial charge in [-0.25, -0.2) is 8.42 Å². The number of benzene rings is 2. The van der Waals surface area contributed by atoms with Gasteiger partial charge < -0.3 is 15.7 Å². The number of nitrogens with zero attached hydrogens (tertiary/aromatic N) is 2. The lowest BCUT2D eigenvalue weighted by Gasteiger charge is -2.23. The molecule has 31 heavy (non-hydrogen) atoms. The van der Waals surface area contributed by atoms with Crippen molar-refractivity contribution in [1.29, 1.82) is 0 Å². The van der Waals surface area contributed by atoms with Crippen molar-refractivity contribution in [2.45, 2.75) is 61.9 Å². The van der Waals surface area contributed by atoms with Crippen molar-refractivity contribution in [2.75, 3.05) is 25.5 Å². The molecule has 0 bridgehead atoms. The molecule has 1 aliphatic carbocycles. The minimum absolute atomic E-state index is 0.164. The van der Waals surface area contributed by atoms with Crippen LogP contribution in [-0.2, 0) is 14.8 Å². The topological polar surface area (TPSA) is 104 Å². The molecule has 0 amide bonds. The highest BCUT2D eigenvalue weighted by atomic mass is 32.2. The Kier molecular flexibility index (Phi) is 7.56. The number of carbonyl (C=O) groups is 1. The lowest BCUT2D eigenvalue weighted by molar-refractivity contribution is -0.140. The Hall–Kier alpha value is -2.16. The molecule has 4 rings (SSSR count). The van der Waals surface area contributed by atoms with E-state index in [9.17, 15) is 18.3 Å². The molecule has 0 aromatic heterocycles. The average molecular weight is 448 g/mol. The van der Waals surface area contributed by atoms with Crippen LogP contribution in [-0.4, -0.2) is 56.5 Å². The predicted octanol–water partition coefficient (Wildman–Crippen LogP) is 3.42. The van der Waals surface area contributed by atoms with Gasteiger partial charge in [-0.05, 0) is 37.8 Å². The van der Waals surface area contributed by atoms with Crippen LogP contribution in [0.25, 0.3) is 10.8 Å². The van der Waals surface area contributed by atoms with Gasteiger partial charge in [0.1, 0.15) is 6.04 Å². The van der Waals surface area contributed by atoms with E-state index in [1.165, 1.54) is 32.1 Å². The highest BCUT2D eigenvalue weighted by Crippen LogP contribution is 2.34. The van der Waals surface area contributed by atoms with Crippen LogP contribution in [0.15, 0.2) is 41.3 Å². The molecule has 1 saturated carbocycles. The Morgan fingerprint density at radius 1 is 1.00 bits per heavy atom. The molecule has 3 N–H and O–H groups in total. The number of hydrogen-bond donors (Lipinski definition) is 2. The van der Waals surface area contributed by atoms with E-state index in [0.717, 1.165) is 15.4 Å². The summed E-state index contributed by atoms with van der Waals surface area (Å²) in [6.07, 6.45) is 7.57. The molecule has 8 heteroatoms. The van der Waals surface area contributed by atoms with Crippen molar-refractivity contribution in [3.8, 4) is 0 Å². The van der Waals surface area contributed by atoms with Crippen LogP contribution in [0.2, 0.25) is 0 Å². The fraction of sp³-hybridized carbons (Fsp3) is 0.522. The molecule has 1 saturated heterocycles. The first-order valence-corrected chi connectivity index (χ1v) is 12.4. The van der Waals surface area contributed by atoms with Gasteiger partial charge in [0.25, 0.3) is 0 Å². The number of fused-ring (bicyclic) bond motifs is 1. The summed E-state index contributed by atoms with van der Waals surface area (Å²) in [6, 6.07) is 10.2. The van der Waals surface area contributed by atoms with Crippen LogP contribution in [0.3, 0.4) is 0 Å². The zero-order valence-electron chi connectivity index (χ0n) is 18.3. The first kappa shape index (κ1) is 23.5. The van der Waals surface area contributed by atoms with Gasteiger partial charge in [-0.15, -0.1) is 0 Å². The van der Waals surface area contributed by atoms with Crippen molar-refractivity contribution in [1.82, 2.24) is 4.31 Å². The lowest BCUT2D eigenvalue weighted by atomic mass is 9.97. The molecule has 7 nitrogen and oxygen atoms in total. The summed E-state index contributed by atoms with van der Waals surface area (Å²) >= 11 is 0. The van der Waals surface area contributed by atoms with E-state index in [0.29, 0.717) is 24.3 Å². The maximum atomic E-state index is 13.1. The van der Waals surface area contributed by atoms with Gasteiger partial charge in [-0.2, -0.15) is 4.31 Å². The zero-order valence-corrected chi connectivity index (χ0v) is 19.1. The van der Waals surface area contributed by atoms with Gasteiger partial charge in [-0.1, -0.05) is 43.5 Å². The molecule has 2 aliphatic rings. The first-order chi connectivity index (χ1) is 14.7. The van der Waals surface area contributed by atoms with E-state index in [1.807, 2.05) is 37.2 Å². The third-order valence-corrected chi connectivity index (χ3v) is 8.03. The molecule has 2 aromatic rings. The minimum atomic E-state index is -3.87. The Morgan fingerprint density at radius 3 is 2.23 bits per heavy atom. The van der Waals surface area contributed by atoms with Crippen LogP contribution < -0.4 is 10.6 Å². The molecule has 1 aliphatic heterocycles.